The summed E-state index contributed by atoms with van der Waals surface area (Å²) in [6.07, 6.45) is 2.73. The average molecular weight is 425 g/mol. The molecule has 1 fully saturated rings. The Hall–Kier alpha value is -3.30. The Labute approximate surface area is 180 Å². The molecule has 9 heteroatoms. The summed E-state index contributed by atoms with van der Waals surface area (Å²) in [5, 5.41) is 22.5. The van der Waals surface area contributed by atoms with E-state index in [4.69, 9.17) is 5.73 Å². The van der Waals surface area contributed by atoms with Crippen LogP contribution in [0.1, 0.15) is 36.6 Å². The Morgan fingerprint density at radius 3 is 2.74 bits per heavy atom. The number of hydrogen-bond donors (Lipinski definition) is 7. The molecule has 1 saturated heterocycles. The summed E-state index contributed by atoms with van der Waals surface area (Å²) in [4.78, 5) is 26.8. The number of aliphatic hydroxyl groups excluding tert-OH is 1. The van der Waals surface area contributed by atoms with Gasteiger partial charge in [0.15, 0.2) is 6.23 Å². The topological polar surface area (TPSA) is 144 Å². The van der Waals surface area contributed by atoms with Crippen molar-refractivity contribution in [2.24, 2.45) is 11.7 Å². The number of benzene rings is 1. The first-order valence-electron chi connectivity index (χ1n) is 10.4. The number of urea groups is 1. The summed E-state index contributed by atoms with van der Waals surface area (Å²) in [6.45, 7) is 4.14. The molecule has 4 rings (SSSR count). The minimum absolute atomic E-state index is 0.0722. The van der Waals surface area contributed by atoms with Gasteiger partial charge in [-0.15, -0.1) is 0 Å². The van der Waals surface area contributed by atoms with Crippen LogP contribution in [0.25, 0.3) is 11.1 Å². The third kappa shape index (κ3) is 4.57. The van der Waals surface area contributed by atoms with Crippen molar-refractivity contribution in [3.63, 3.8) is 0 Å². The second-order valence-electron chi connectivity index (χ2n) is 8.00. The van der Waals surface area contributed by atoms with Crippen LogP contribution < -0.4 is 27.0 Å². The lowest BCUT2D eigenvalue weighted by Gasteiger charge is -2.21. The number of amides is 3. The Bertz CT molecular complexity index is 1020. The quantitative estimate of drug-likeness (QED) is 0.391. The average Bonchev–Trinajstić information content (AvgIpc) is 3.35. The van der Waals surface area contributed by atoms with Gasteiger partial charge in [-0.1, -0.05) is 0 Å². The van der Waals surface area contributed by atoms with Gasteiger partial charge in [-0.3, -0.25) is 4.79 Å². The fourth-order valence-electron chi connectivity index (χ4n) is 4.21. The number of carbonyl (C=O) groups is 2. The lowest BCUT2D eigenvalue weighted by Crippen LogP contribution is -2.37. The van der Waals surface area contributed by atoms with E-state index >= 15 is 0 Å². The van der Waals surface area contributed by atoms with Crippen LogP contribution in [0, 0.1) is 5.92 Å². The molecule has 2 aliphatic heterocycles. The number of fused-ring (bicyclic) bond motifs is 1. The highest BCUT2D eigenvalue weighted by Gasteiger charge is 2.27. The van der Waals surface area contributed by atoms with Crippen LogP contribution in [0.3, 0.4) is 0 Å². The fourth-order valence-corrected chi connectivity index (χ4v) is 4.21. The predicted molar refractivity (Wildman–Crippen MR) is 120 cm³/mol. The molecule has 0 radical (unpaired) electrons. The zero-order chi connectivity index (χ0) is 22.0. The van der Waals surface area contributed by atoms with Crippen molar-refractivity contribution in [2.45, 2.75) is 32.5 Å². The smallest absolute Gasteiger partial charge is 0.316 e. The van der Waals surface area contributed by atoms with E-state index in [9.17, 15) is 14.7 Å². The highest BCUT2D eigenvalue weighted by atomic mass is 16.3. The second-order valence-corrected chi connectivity index (χ2v) is 8.00. The van der Waals surface area contributed by atoms with E-state index < -0.39 is 12.3 Å². The number of aromatic nitrogens is 1. The molecule has 0 spiro atoms. The molecular weight excluding hydrogens is 396 g/mol. The van der Waals surface area contributed by atoms with Crippen molar-refractivity contribution in [3.05, 3.63) is 47.3 Å². The zero-order valence-corrected chi connectivity index (χ0v) is 17.4. The van der Waals surface area contributed by atoms with Gasteiger partial charge in [0, 0.05) is 46.9 Å². The fraction of sp³-hybridized carbons (Fsp3) is 0.364. The van der Waals surface area contributed by atoms with Crippen molar-refractivity contribution in [3.8, 4) is 0 Å². The van der Waals surface area contributed by atoms with Crippen LogP contribution in [-0.4, -0.2) is 41.3 Å². The molecule has 2 aromatic rings. The van der Waals surface area contributed by atoms with E-state index in [0.29, 0.717) is 12.2 Å². The summed E-state index contributed by atoms with van der Waals surface area (Å²) in [5.74, 6) is 0.168. The number of carbonyl (C=O) groups excluding carboxylic acids is 2. The Kier molecular flexibility index (Phi) is 5.97. The molecule has 0 aliphatic carbocycles. The van der Waals surface area contributed by atoms with Crippen molar-refractivity contribution in [2.75, 3.05) is 23.7 Å². The number of H-pyrrole nitrogens is 1. The Morgan fingerprint density at radius 1 is 1.23 bits per heavy atom. The number of anilines is 2. The van der Waals surface area contributed by atoms with Gasteiger partial charge in [0.05, 0.1) is 0 Å². The van der Waals surface area contributed by atoms with E-state index in [2.05, 4.69) is 26.3 Å². The number of rotatable bonds is 5. The lowest BCUT2D eigenvalue weighted by atomic mass is 9.97. The third-order valence-corrected chi connectivity index (χ3v) is 5.87. The Morgan fingerprint density at radius 2 is 2.00 bits per heavy atom. The summed E-state index contributed by atoms with van der Waals surface area (Å²) in [7, 11) is 0. The molecular formula is C22H28N6O3. The highest BCUT2D eigenvalue weighted by molar-refractivity contribution is 6.00. The molecule has 1 aromatic carbocycles. The number of piperidine rings is 1. The maximum atomic E-state index is 12.4. The van der Waals surface area contributed by atoms with Gasteiger partial charge in [0.25, 0.3) is 0 Å². The number of nitrogens with one attached hydrogen (secondary N) is 5. The van der Waals surface area contributed by atoms with E-state index in [0.717, 1.165) is 59.6 Å². The summed E-state index contributed by atoms with van der Waals surface area (Å²) < 4.78 is 0. The monoisotopic (exact) mass is 424 g/mol. The largest absolute Gasteiger partial charge is 0.369 e. The second kappa shape index (κ2) is 8.83. The zero-order valence-electron chi connectivity index (χ0n) is 17.4. The van der Waals surface area contributed by atoms with Gasteiger partial charge in [-0.2, -0.15) is 0 Å². The number of hydrogen-bond acceptors (Lipinski definition) is 5. The van der Waals surface area contributed by atoms with E-state index in [1.54, 1.807) is 18.2 Å². The minimum atomic E-state index is -0.870. The van der Waals surface area contributed by atoms with Crippen molar-refractivity contribution in [1.82, 2.24) is 15.6 Å². The first kappa shape index (κ1) is 21.0. The number of aromatic amines is 1. The normalized spacial score (nSPS) is 20.0. The van der Waals surface area contributed by atoms with E-state index in [1.807, 2.05) is 19.2 Å². The number of allylic oxidation sites excluding steroid dienone is 1. The Balaban J connectivity index is 1.51. The predicted octanol–water partition coefficient (Wildman–Crippen LogP) is 1.80. The third-order valence-electron chi connectivity index (χ3n) is 5.87. The number of primary amides is 1. The van der Waals surface area contributed by atoms with Crippen LogP contribution in [0.15, 0.2) is 30.5 Å². The maximum absolute atomic E-state index is 12.4. The first-order chi connectivity index (χ1) is 14.9. The highest BCUT2D eigenvalue weighted by Crippen LogP contribution is 2.40. The molecule has 8 N–H and O–H groups in total. The molecule has 0 bridgehead atoms. The molecule has 1 aromatic heterocycles. The van der Waals surface area contributed by atoms with Crippen LogP contribution >= 0.6 is 0 Å². The molecule has 1 unspecified atom stereocenters. The first-order valence-corrected chi connectivity index (χ1v) is 10.4. The van der Waals surface area contributed by atoms with Gasteiger partial charge < -0.3 is 37.1 Å². The molecule has 0 saturated carbocycles. The molecule has 31 heavy (non-hydrogen) atoms. The van der Waals surface area contributed by atoms with Gasteiger partial charge in [0.1, 0.15) is 0 Å². The van der Waals surface area contributed by atoms with Crippen molar-refractivity contribution in [1.29, 1.82) is 0 Å². The summed E-state index contributed by atoms with van der Waals surface area (Å²) in [6, 6.07) is 6.63. The molecule has 3 heterocycles. The molecule has 9 nitrogen and oxygen atoms in total. The minimum Gasteiger partial charge on any atom is -0.369 e. The van der Waals surface area contributed by atoms with Gasteiger partial charge >= 0.3 is 6.03 Å². The van der Waals surface area contributed by atoms with E-state index in [-0.39, 0.29) is 11.8 Å². The molecule has 2 aliphatic rings. The van der Waals surface area contributed by atoms with Crippen LogP contribution in [0.4, 0.5) is 16.2 Å². The summed E-state index contributed by atoms with van der Waals surface area (Å²) in [5.41, 5.74) is 10.7. The lowest BCUT2D eigenvalue weighted by molar-refractivity contribution is -0.125. The number of nitrogens with two attached hydrogens (primary N) is 1. The standard InChI is InChI=1S/C22H28N6O3/c1-12(19-16-9-15(27-22(23)31)2-3-17(16)28-21(19)30)18-8-13(10-25-18)11-26-20(29)14-4-6-24-7-5-14/h2-3,8-10,14,21,24-25,28,30H,4-7,11H2,1H3,(H,26,29)(H3,23,27,31). The van der Waals surface area contributed by atoms with Crippen LogP contribution in [0.5, 0.6) is 0 Å². The molecule has 164 valence electrons. The summed E-state index contributed by atoms with van der Waals surface area (Å²) >= 11 is 0. The SMILES string of the molecule is CC(=C1c2cc(NC(N)=O)ccc2NC1O)c1cc(CNC(=O)C2CCNCC2)c[nH]1. The maximum Gasteiger partial charge on any atom is 0.316 e. The van der Waals surface area contributed by atoms with Crippen molar-refractivity contribution >= 4 is 34.5 Å². The number of aliphatic hydroxyl groups is 1. The van der Waals surface area contributed by atoms with Crippen molar-refractivity contribution < 1.29 is 14.7 Å². The molecule has 3 amide bonds. The van der Waals surface area contributed by atoms with Crippen LogP contribution in [0.2, 0.25) is 0 Å². The molecule has 1 atom stereocenters. The van der Waals surface area contributed by atoms with Gasteiger partial charge in [-0.25, -0.2) is 4.79 Å². The van der Waals surface area contributed by atoms with Gasteiger partial charge in [-0.05, 0) is 68.3 Å². The van der Waals surface area contributed by atoms with E-state index in [1.165, 1.54) is 0 Å². The van der Waals surface area contributed by atoms with Gasteiger partial charge in [0.2, 0.25) is 5.91 Å². The van der Waals surface area contributed by atoms with Crippen LogP contribution in [-0.2, 0) is 11.3 Å².